The number of hydrogen-bond donors (Lipinski definition) is 3. The van der Waals surface area contributed by atoms with Gasteiger partial charge in [-0.1, -0.05) is 32.9 Å². The number of nitrogens with two attached hydrogens (primary N) is 1. The summed E-state index contributed by atoms with van der Waals surface area (Å²) in [4.78, 5) is 22.3. The average Bonchev–Trinajstić information content (AvgIpc) is 2.35. The molecule has 1 aromatic carbocycles. The normalized spacial score (nSPS) is 13.2. The van der Waals surface area contributed by atoms with Crippen molar-refractivity contribution in [3.05, 3.63) is 35.9 Å². The van der Waals surface area contributed by atoms with Gasteiger partial charge in [0.1, 0.15) is 0 Å². The summed E-state index contributed by atoms with van der Waals surface area (Å²) in [6.45, 7) is 5.70. The van der Waals surface area contributed by atoms with Gasteiger partial charge < -0.3 is 16.2 Å². The average molecular weight is 276 g/mol. The lowest BCUT2D eigenvalue weighted by atomic mass is 9.87. The third-order valence-corrected chi connectivity index (χ3v) is 2.81. The van der Waals surface area contributed by atoms with E-state index in [1.165, 1.54) is 6.08 Å². The quantitative estimate of drug-likeness (QED) is 0.734. The van der Waals surface area contributed by atoms with Crippen LogP contribution in [0.5, 0.6) is 0 Å². The molecule has 0 aliphatic heterocycles. The van der Waals surface area contributed by atoms with Crippen molar-refractivity contribution in [1.29, 1.82) is 0 Å². The maximum absolute atomic E-state index is 11.9. The molecule has 5 nitrogen and oxygen atoms in total. The molecule has 5 heteroatoms. The van der Waals surface area contributed by atoms with Crippen LogP contribution >= 0.6 is 0 Å². The molecule has 1 amide bonds. The van der Waals surface area contributed by atoms with Crippen LogP contribution in [-0.4, -0.2) is 23.0 Å². The first-order valence-electron chi connectivity index (χ1n) is 6.27. The van der Waals surface area contributed by atoms with Gasteiger partial charge >= 0.3 is 5.97 Å². The van der Waals surface area contributed by atoms with Crippen molar-refractivity contribution in [3.63, 3.8) is 0 Å². The van der Waals surface area contributed by atoms with E-state index in [1.807, 2.05) is 20.8 Å². The van der Waals surface area contributed by atoms with E-state index in [9.17, 15) is 9.59 Å². The molecule has 0 fully saturated rings. The van der Waals surface area contributed by atoms with Gasteiger partial charge in [-0.25, -0.2) is 4.79 Å². The molecule has 0 aliphatic carbocycles. The first kappa shape index (κ1) is 15.9. The summed E-state index contributed by atoms with van der Waals surface area (Å²) in [6.07, 6.45) is 2.54. The summed E-state index contributed by atoms with van der Waals surface area (Å²) in [7, 11) is 0. The number of aliphatic carboxylic acids is 1. The maximum atomic E-state index is 11.9. The van der Waals surface area contributed by atoms with Crippen molar-refractivity contribution in [1.82, 2.24) is 0 Å². The number of carbonyl (C=O) groups excluding carboxylic acids is 1. The highest BCUT2D eigenvalue weighted by atomic mass is 16.4. The standard InChI is InChI=1S/C15H20N2O3/c1-15(2,3)13(16)14(20)17-11-7-4-10(5-8-11)6-9-12(18)19/h4-9,13H,16H2,1-3H3,(H,17,20)(H,18,19)/b9-6+/t13-/m1/s1. The van der Waals surface area contributed by atoms with Crippen LogP contribution in [0.25, 0.3) is 6.08 Å². The van der Waals surface area contributed by atoms with E-state index in [-0.39, 0.29) is 11.3 Å². The van der Waals surface area contributed by atoms with Crippen LogP contribution < -0.4 is 11.1 Å². The Hall–Kier alpha value is -2.14. The molecule has 1 atom stereocenters. The molecule has 0 bridgehead atoms. The van der Waals surface area contributed by atoms with Gasteiger partial charge in [0.05, 0.1) is 6.04 Å². The summed E-state index contributed by atoms with van der Waals surface area (Å²) >= 11 is 0. The molecule has 4 N–H and O–H groups in total. The Morgan fingerprint density at radius 2 is 1.80 bits per heavy atom. The summed E-state index contributed by atoms with van der Waals surface area (Å²) in [5, 5.41) is 11.3. The molecule has 0 saturated heterocycles. The number of anilines is 1. The van der Waals surface area contributed by atoms with Gasteiger partial charge in [-0.3, -0.25) is 4.79 Å². The number of amides is 1. The fraction of sp³-hybridized carbons (Fsp3) is 0.333. The number of carboxylic acid groups (broad SMARTS) is 1. The molecular weight excluding hydrogens is 256 g/mol. The Labute approximate surface area is 118 Å². The molecule has 0 spiro atoms. The number of nitrogens with one attached hydrogen (secondary N) is 1. The highest BCUT2D eigenvalue weighted by molar-refractivity contribution is 5.95. The number of hydrogen-bond acceptors (Lipinski definition) is 3. The Balaban J connectivity index is 2.71. The van der Waals surface area contributed by atoms with Crippen LogP contribution in [0.2, 0.25) is 0 Å². The van der Waals surface area contributed by atoms with E-state index in [2.05, 4.69) is 5.32 Å². The second-order valence-corrected chi connectivity index (χ2v) is 5.63. The fourth-order valence-electron chi connectivity index (χ4n) is 1.46. The zero-order valence-electron chi connectivity index (χ0n) is 11.9. The lowest BCUT2D eigenvalue weighted by Crippen LogP contribution is -2.45. The minimum atomic E-state index is -1.00. The van der Waals surface area contributed by atoms with E-state index >= 15 is 0 Å². The third kappa shape index (κ3) is 4.85. The summed E-state index contributed by atoms with van der Waals surface area (Å²) < 4.78 is 0. The van der Waals surface area contributed by atoms with Gasteiger partial charge in [0.15, 0.2) is 0 Å². The predicted octanol–water partition coefficient (Wildman–Crippen LogP) is 2.10. The van der Waals surface area contributed by atoms with Crippen molar-refractivity contribution < 1.29 is 14.7 Å². The summed E-state index contributed by atoms with van der Waals surface area (Å²) in [6, 6.07) is 6.24. The first-order chi connectivity index (χ1) is 9.20. The molecule has 0 heterocycles. The monoisotopic (exact) mass is 276 g/mol. The van der Waals surface area contributed by atoms with Gasteiger partial charge in [-0.15, -0.1) is 0 Å². The SMILES string of the molecule is CC(C)(C)[C@H](N)C(=O)Nc1ccc(/C=C/C(=O)O)cc1. The van der Waals surface area contributed by atoms with Crippen LogP contribution in [0.3, 0.4) is 0 Å². The molecule has 1 rings (SSSR count). The number of benzene rings is 1. The Kier molecular flexibility index (Phi) is 5.05. The number of rotatable bonds is 4. The van der Waals surface area contributed by atoms with Crippen molar-refractivity contribution in [2.24, 2.45) is 11.1 Å². The molecule has 0 aromatic heterocycles. The smallest absolute Gasteiger partial charge is 0.328 e. The van der Waals surface area contributed by atoms with E-state index in [4.69, 9.17) is 10.8 Å². The topological polar surface area (TPSA) is 92.4 Å². The van der Waals surface area contributed by atoms with Gasteiger partial charge in [0.25, 0.3) is 0 Å². The Morgan fingerprint density at radius 3 is 2.25 bits per heavy atom. The van der Waals surface area contributed by atoms with Crippen LogP contribution in [0.1, 0.15) is 26.3 Å². The van der Waals surface area contributed by atoms with Gasteiger partial charge in [0.2, 0.25) is 5.91 Å². The van der Waals surface area contributed by atoms with Crippen molar-refractivity contribution in [2.75, 3.05) is 5.32 Å². The van der Waals surface area contributed by atoms with Gasteiger partial charge in [-0.05, 0) is 29.2 Å². The van der Waals surface area contributed by atoms with Crippen molar-refractivity contribution in [2.45, 2.75) is 26.8 Å². The lowest BCUT2D eigenvalue weighted by Gasteiger charge is -2.25. The van der Waals surface area contributed by atoms with E-state index in [0.29, 0.717) is 5.69 Å². The molecule has 0 aliphatic rings. The van der Waals surface area contributed by atoms with Gasteiger partial charge in [0, 0.05) is 11.8 Å². The Morgan fingerprint density at radius 1 is 1.25 bits per heavy atom. The van der Waals surface area contributed by atoms with Crippen LogP contribution in [0, 0.1) is 5.41 Å². The molecule has 20 heavy (non-hydrogen) atoms. The predicted molar refractivity (Wildman–Crippen MR) is 79.2 cm³/mol. The largest absolute Gasteiger partial charge is 0.478 e. The van der Waals surface area contributed by atoms with E-state index < -0.39 is 12.0 Å². The highest BCUT2D eigenvalue weighted by Crippen LogP contribution is 2.19. The molecule has 0 unspecified atom stereocenters. The van der Waals surface area contributed by atoms with Crippen LogP contribution in [0.4, 0.5) is 5.69 Å². The summed E-state index contributed by atoms with van der Waals surface area (Å²) in [5.74, 6) is -1.25. The maximum Gasteiger partial charge on any atom is 0.328 e. The van der Waals surface area contributed by atoms with Crippen LogP contribution in [-0.2, 0) is 9.59 Å². The zero-order chi connectivity index (χ0) is 15.3. The first-order valence-corrected chi connectivity index (χ1v) is 6.27. The van der Waals surface area contributed by atoms with Crippen molar-refractivity contribution in [3.8, 4) is 0 Å². The highest BCUT2D eigenvalue weighted by Gasteiger charge is 2.27. The Bertz CT molecular complexity index is 513. The second-order valence-electron chi connectivity index (χ2n) is 5.63. The molecule has 108 valence electrons. The van der Waals surface area contributed by atoms with Crippen LogP contribution in [0.15, 0.2) is 30.3 Å². The fourth-order valence-corrected chi connectivity index (χ4v) is 1.46. The van der Waals surface area contributed by atoms with Gasteiger partial charge in [-0.2, -0.15) is 0 Å². The molecule has 1 aromatic rings. The zero-order valence-corrected chi connectivity index (χ0v) is 11.9. The lowest BCUT2D eigenvalue weighted by molar-refractivity contribution is -0.131. The molecular formula is C15H20N2O3. The summed E-state index contributed by atoms with van der Waals surface area (Å²) in [5.41, 5.74) is 6.92. The minimum Gasteiger partial charge on any atom is -0.478 e. The molecule has 0 radical (unpaired) electrons. The van der Waals surface area contributed by atoms with E-state index in [0.717, 1.165) is 11.6 Å². The second kappa shape index (κ2) is 6.34. The van der Waals surface area contributed by atoms with Crippen molar-refractivity contribution >= 4 is 23.6 Å². The number of carboxylic acids is 1. The number of carbonyl (C=O) groups is 2. The minimum absolute atomic E-state index is 0.244. The molecule has 0 saturated carbocycles. The van der Waals surface area contributed by atoms with E-state index in [1.54, 1.807) is 24.3 Å². The third-order valence-electron chi connectivity index (χ3n) is 2.81.